The summed E-state index contributed by atoms with van der Waals surface area (Å²) in [6, 6.07) is 16.7. The number of ether oxygens (including phenoxy) is 2. The largest absolute Gasteiger partial charge is 0.476 e. The maximum absolute atomic E-state index is 13.7. The summed E-state index contributed by atoms with van der Waals surface area (Å²) in [6.07, 6.45) is -0.550. The van der Waals surface area contributed by atoms with E-state index in [1.54, 1.807) is 25.7 Å². The van der Waals surface area contributed by atoms with Gasteiger partial charge in [0, 0.05) is 18.5 Å². The number of hydrogen-bond acceptors (Lipinski definition) is 7. The maximum atomic E-state index is 13.7. The van der Waals surface area contributed by atoms with E-state index in [2.05, 4.69) is 17.3 Å². The zero-order chi connectivity index (χ0) is 28.6. The molecule has 0 bridgehead atoms. The molecule has 0 spiro atoms. The lowest BCUT2D eigenvalue weighted by atomic mass is 9.98. The van der Waals surface area contributed by atoms with Crippen LogP contribution in [0.1, 0.15) is 67.4 Å². The second kappa shape index (κ2) is 10.7. The number of carbonyl (C=O) groups is 3. The third kappa shape index (κ3) is 5.38. The average molecular weight is 548 g/mol. The molecule has 2 atom stereocenters. The van der Waals surface area contributed by atoms with E-state index >= 15 is 0 Å². The number of carboxylic acids is 1. The first kappa shape index (κ1) is 27.2. The number of carbonyl (C=O) groups excluding carboxylic acids is 2. The van der Waals surface area contributed by atoms with E-state index in [0.29, 0.717) is 13.0 Å². The van der Waals surface area contributed by atoms with E-state index in [9.17, 15) is 19.5 Å². The average Bonchev–Trinajstić information content (AvgIpc) is 3.61. The molecule has 210 valence electrons. The van der Waals surface area contributed by atoms with Crippen LogP contribution in [0.3, 0.4) is 0 Å². The minimum Gasteiger partial charge on any atom is -0.476 e. The summed E-state index contributed by atoms with van der Waals surface area (Å²) >= 11 is 0. The molecule has 0 saturated carbocycles. The molecule has 10 nitrogen and oxygen atoms in total. The molecule has 3 aromatic rings. The highest BCUT2D eigenvalue weighted by atomic mass is 16.6. The van der Waals surface area contributed by atoms with Gasteiger partial charge in [0.2, 0.25) is 0 Å². The van der Waals surface area contributed by atoms with Gasteiger partial charge in [-0.15, -0.1) is 0 Å². The quantitative estimate of drug-likeness (QED) is 0.428. The fraction of sp³-hybridized carbons (Fsp3) is 0.400. The van der Waals surface area contributed by atoms with Crippen LogP contribution < -0.4 is 0 Å². The SMILES string of the molecule is C[C@@H]1[C@@H](N(Cc2cc(C(=O)O)no2)C(=O)OCC2c3ccccc3-c3ccccc32)CCN1C(=O)OC(C)(C)C. The van der Waals surface area contributed by atoms with Gasteiger partial charge in [-0.05, 0) is 56.4 Å². The first-order valence-corrected chi connectivity index (χ1v) is 13.3. The van der Waals surface area contributed by atoms with Crippen LogP contribution in [0.15, 0.2) is 59.1 Å². The Balaban J connectivity index is 1.37. The number of aromatic nitrogens is 1. The topological polar surface area (TPSA) is 122 Å². The first-order valence-electron chi connectivity index (χ1n) is 13.3. The Kier molecular flexibility index (Phi) is 7.27. The highest BCUT2D eigenvalue weighted by Crippen LogP contribution is 2.44. The zero-order valence-corrected chi connectivity index (χ0v) is 23.0. The second-order valence-electron chi connectivity index (χ2n) is 11.2. The van der Waals surface area contributed by atoms with Gasteiger partial charge < -0.3 is 24.0 Å². The van der Waals surface area contributed by atoms with Crippen molar-refractivity contribution in [1.82, 2.24) is 15.0 Å². The molecule has 5 rings (SSSR count). The van der Waals surface area contributed by atoms with E-state index in [4.69, 9.17) is 14.0 Å². The number of carboxylic acid groups (broad SMARTS) is 1. The Hall–Kier alpha value is -4.34. The normalized spacial score (nSPS) is 18.2. The van der Waals surface area contributed by atoms with Crippen LogP contribution in [-0.4, -0.2) is 69.1 Å². The molecule has 0 radical (unpaired) electrons. The van der Waals surface area contributed by atoms with Crippen LogP contribution in [0.2, 0.25) is 0 Å². The van der Waals surface area contributed by atoms with Crippen LogP contribution >= 0.6 is 0 Å². The Bertz CT molecular complexity index is 1380. The lowest BCUT2D eigenvalue weighted by Gasteiger charge is -2.33. The van der Waals surface area contributed by atoms with Crippen molar-refractivity contribution in [2.24, 2.45) is 0 Å². The molecule has 0 unspecified atom stereocenters. The molecular weight excluding hydrogens is 514 g/mol. The third-order valence-electron chi connectivity index (χ3n) is 7.42. The molecule has 2 heterocycles. The van der Waals surface area contributed by atoms with E-state index in [0.717, 1.165) is 22.3 Å². The molecule has 1 N–H and O–H groups in total. The molecule has 1 fully saturated rings. The van der Waals surface area contributed by atoms with Crippen molar-refractivity contribution in [1.29, 1.82) is 0 Å². The Labute approximate surface area is 232 Å². The van der Waals surface area contributed by atoms with E-state index < -0.39 is 29.8 Å². The summed E-state index contributed by atoms with van der Waals surface area (Å²) in [7, 11) is 0. The van der Waals surface area contributed by atoms with Gasteiger partial charge in [-0.25, -0.2) is 14.4 Å². The molecule has 2 amide bonds. The molecule has 1 aromatic heterocycles. The lowest BCUT2D eigenvalue weighted by Crippen LogP contribution is -2.48. The minimum absolute atomic E-state index is 0.0614. The fourth-order valence-corrected chi connectivity index (χ4v) is 5.57. The number of hydrogen-bond donors (Lipinski definition) is 1. The summed E-state index contributed by atoms with van der Waals surface area (Å²) in [5.41, 5.74) is 3.52. The van der Waals surface area contributed by atoms with Gasteiger partial charge in [-0.3, -0.25) is 4.90 Å². The Morgan fingerprint density at radius 2 is 1.70 bits per heavy atom. The molecule has 2 aliphatic rings. The minimum atomic E-state index is -1.23. The number of amides is 2. The summed E-state index contributed by atoms with van der Waals surface area (Å²) in [5.74, 6) is -1.15. The molecular formula is C30H33N3O7. The molecule has 2 aromatic carbocycles. The summed E-state index contributed by atoms with van der Waals surface area (Å²) < 4.78 is 16.7. The molecule has 1 aliphatic heterocycles. The summed E-state index contributed by atoms with van der Waals surface area (Å²) in [6.45, 7) is 7.71. The predicted octanol–water partition coefficient (Wildman–Crippen LogP) is 5.52. The van der Waals surface area contributed by atoms with Crippen LogP contribution in [0.4, 0.5) is 9.59 Å². The predicted molar refractivity (Wildman–Crippen MR) is 145 cm³/mol. The Morgan fingerprint density at radius 3 is 2.27 bits per heavy atom. The van der Waals surface area contributed by atoms with Gasteiger partial charge in [0.15, 0.2) is 11.5 Å². The van der Waals surface area contributed by atoms with Gasteiger partial charge >= 0.3 is 18.2 Å². The first-order chi connectivity index (χ1) is 19.0. The number of likely N-dealkylation sites (tertiary alicyclic amines) is 1. The van der Waals surface area contributed by atoms with Crippen molar-refractivity contribution in [2.45, 2.75) is 64.3 Å². The number of benzene rings is 2. The molecule has 40 heavy (non-hydrogen) atoms. The van der Waals surface area contributed by atoms with Crippen molar-refractivity contribution < 1.29 is 33.5 Å². The number of nitrogens with zero attached hydrogens (tertiary/aromatic N) is 3. The van der Waals surface area contributed by atoms with Crippen LogP contribution in [0, 0.1) is 0 Å². The van der Waals surface area contributed by atoms with Gasteiger partial charge in [0.1, 0.15) is 12.2 Å². The van der Waals surface area contributed by atoms with E-state index in [1.807, 2.05) is 43.3 Å². The summed E-state index contributed by atoms with van der Waals surface area (Å²) in [5, 5.41) is 12.8. The molecule has 1 saturated heterocycles. The van der Waals surface area contributed by atoms with Crippen molar-refractivity contribution in [3.8, 4) is 11.1 Å². The van der Waals surface area contributed by atoms with Gasteiger partial charge in [0.25, 0.3) is 0 Å². The highest BCUT2D eigenvalue weighted by Gasteiger charge is 2.42. The van der Waals surface area contributed by atoms with Gasteiger partial charge in [-0.2, -0.15) is 0 Å². The van der Waals surface area contributed by atoms with Crippen LogP contribution in [-0.2, 0) is 16.0 Å². The lowest BCUT2D eigenvalue weighted by molar-refractivity contribution is 0.0184. The van der Waals surface area contributed by atoms with E-state index in [-0.39, 0.29) is 36.6 Å². The van der Waals surface area contributed by atoms with Crippen molar-refractivity contribution in [3.63, 3.8) is 0 Å². The van der Waals surface area contributed by atoms with Crippen molar-refractivity contribution in [3.05, 3.63) is 77.2 Å². The molecule has 10 heteroatoms. The third-order valence-corrected chi connectivity index (χ3v) is 7.42. The fourth-order valence-electron chi connectivity index (χ4n) is 5.57. The number of fused-ring (bicyclic) bond motifs is 3. The van der Waals surface area contributed by atoms with Crippen LogP contribution in [0.5, 0.6) is 0 Å². The van der Waals surface area contributed by atoms with Crippen molar-refractivity contribution >= 4 is 18.2 Å². The van der Waals surface area contributed by atoms with Gasteiger partial charge in [0.05, 0.1) is 18.6 Å². The second-order valence-corrected chi connectivity index (χ2v) is 11.2. The standard InChI is InChI=1S/C30H33N3O7/c1-18-26(13-14-32(18)29(37)39-30(2,3)4)33(16-19-15-25(27(34)35)31-40-19)28(36)38-17-24-22-11-7-5-9-20(22)21-10-6-8-12-23(21)24/h5-12,15,18,24,26H,13-14,16-17H2,1-4H3,(H,34,35)/t18-,26+/m1/s1. The maximum Gasteiger partial charge on any atom is 0.410 e. The Morgan fingerprint density at radius 1 is 1.07 bits per heavy atom. The number of rotatable bonds is 6. The zero-order valence-electron chi connectivity index (χ0n) is 23.0. The van der Waals surface area contributed by atoms with Crippen molar-refractivity contribution in [2.75, 3.05) is 13.2 Å². The summed E-state index contributed by atoms with van der Waals surface area (Å²) in [4.78, 5) is 41.0. The van der Waals surface area contributed by atoms with Gasteiger partial charge in [-0.1, -0.05) is 53.7 Å². The number of aromatic carboxylic acids is 1. The monoisotopic (exact) mass is 547 g/mol. The van der Waals surface area contributed by atoms with Crippen LogP contribution in [0.25, 0.3) is 11.1 Å². The molecule has 1 aliphatic carbocycles. The highest BCUT2D eigenvalue weighted by molar-refractivity contribution is 5.85. The smallest absolute Gasteiger partial charge is 0.410 e. The van der Waals surface area contributed by atoms with E-state index in [1.165, 1.54) is 11.0 Å².